The summed E-state index contributed by atoms with van der Waals surface area (Å²) >= 11 is 3.25. The molecule has 25 heavy (non-hydrogen) atoms. The molecule has 1 N–H and O–H groups in total. The minimum Gasteiger partial charge on any atom is -0.497 e. The summed E-state index contributed by atoms with van der Waals surface area (Å²) in [5.74, 6) is -1.42. The normalized spacial score (nSPS) is 12.7. The summed E-state index contributed by atoms with van der Waals surface area (Å²) in [5, 5.41) is 2.54. The molecule has 0 aliphatic heterocycles. The summed E-state index contributed by atoms with van der Waals surface area (Å²) in [6, 6.07) is 4.04. The van der Waals surface area contributed by atoms with Crippen LogP contribution < -0.4 is 10.1 Å². The average molecular weight is 416 g/mol. The first-order chi connectivity index (χ1) is 11.8. The first kappa shape index (κ1) is 21.0. The highest BCUT2D eigenvalue weighted by Crippen LogP contribution is 2.23. The van der Waals surface area contributed by atoms with Gasteiger partial charge in [0.2, 0.25) is 0 Å². The number of ether oxygens (including phenoxy) is 3. The zero-order valence-corrected chi connectivity index (χ0v) is 16.2. The van der Waals surface area contributed by atoms with Crippen LogP contribution in [0.15, 0.2) is 22.7 Å². The van der Waals surface area contributed by atoms with Gasteiger partial charge >= 0.3 is 11.9 Å². The van der Waals surface area contributed by atoms with Crippen molar-refractivity contribution in [2.45, 2.75) is 26.3 Å². The third-order valence-corrected chi connectivity index (χ3v) is 4.40. The maximum absolute atomic E-state index is 12.1. The number of carbonyl (C=O) groups excluding carboxylic acids is 3. The number of benzene rings is 1. The van der Waals surface area contributed by atoms with Gasteiger partial charge in [0.15, 0.2) is 6.61 Å². The second-order valence-corrected chi connectivity index (χ2v) is 6.23. The Hall–Kier alpha value is -2.09. The molecule has 0 spiro atoms. The first-order valence-electron chi connectivity index (χ1n) is 7.71. The number of hydrogen-bond donors (Lipinski definition) is 1. The summed E-state index contributed by atoms with van der Waals surface area (Å²) < 4.78 is 15.3. The van der Waals surface area contributed by atoms with Gasteiger partial charge in [0, 0.05) is 4.47 Å². The van der Waals surface area contributed by atoms with E-state index in [1.54, 1.807) is 12.1 Å². The lowest BCUT2D eigenvalue weighted by molar-refractivity contribution is -0.147. The molecule has 0 fully saturated rings. The molecule has 0 bridgehead atoms. The summed E-state index contributed by atoms with van der Waals surface area (Å²) in [5.41, 5.74) is 0.235. The van der Waals surface area contributed by atoms with Crippen LogP contribution in [0.2, 0.25) is 0 Å². The van der Waals surface area contributed by atoms with Crippen LogP contribution in [-0.2, 0) is 19.1 Å². The number of halogens is 1. The van der Waals surface area contributed by atoms with Gasteiger partial charge in [-0.15, -0.1) is 0 Å². The quantitative estimate of drug-likeness (QED) is 0.655. The molecule has 0 radical (unpaired) electrons. The molecule has 0 heterocycles. The molecule has 0 aliphatic rings. The Bertz CT molecular complexity index is 634. The monoisotopic (exact) mass is 415 g/mol. The van der Waals surface area contributed by atoms with Crippen molar-refractivity contribution in [3.8, 4) is 5.75 Å². The van der Waals surface area contributed by atoms with Crippen molar-refractivity contribution in [3.05, 3.63) is 28.2 Å². The average Bonchev–Trinajstić information content (AvgIpc) is 2.63. The molecular weight excluding hydrogens is 394 g/mol. The number of hydrogen-bond acceptors (Lipinski definition) is 6. The molecule has 1 aromatic carbocycles. The van der Waals surface area contributed by atoms with Crippen molar-refractivity contribution in [2.24, 2.45) is 5.92 Å². The molecule has 2 atom stereocenters. The Morgan fingerprint density at radius 2 is 1.92 bits per heavy atom. The van der Waals surface area contributed by atoms with Crippen LogP contribution >= 0.6 is 15.9 Å². The topological polar surface area (TPSA) is 90.9 Å². The molecule has 0 saturated carbocycles. The van der Waals surface area contributed by atoms with E-state index in [2.05, 4.69) is 21.2 Å². The van der Waals surface area contributed by atoms with E-state index in [0.717, 1.165) is 0 Å². The van der Waals surface area contributed by atoms with E-state index in [9.17, 15) is 14.4 Å². The number of methoxy groups -OCH3 is 2. The first-order valence-corrected chi connectivity index (χ1v) is 8.51. The molecule has 0 unspecified atom stereocenters. The lowest BCUT2D eigenvalue weighted by Crippen LogP contribution is -2.47. The van der Waals surface area contributed by atoms with Gasteiger partial charge in [-0.25, -0.2) is 9.59 Å². The van der Waals surface area contributed by atoms with Gasteiger partial charge in [0.05, 0.1) is 19.8 Å². The van der Waals surface area contributed by atoms with Crippen molar-refractivity contribution >= 4 is 33.8 Å². The van der Waals surface area contributed by atoms with E-state index in [1.165, 1.54) is 20.3 Å². The Balaban J connectivity index is 2.69. The standard InChI is InChI=1S/C17H22BrNO6/c1-5-10(2)15(17(22)24-4)19-14(20)9-25-16(21)12-8-11(23-3)6-7-13(12)18/h6-8,10,15H,5,9H2,1-4H3,(H,19,20)/t10-,15+/m1/s1. The lowest BCUT2D eigenvalue weighted by atomic mass is 9.99. The SMILES string of the molecule is CC[C@@H](C)[C@H](NC(=O)COC(=O)c1cc(OC)ccc1Br)C(=O)OC. The van der Waals surface area contributed by atoms with Gasteiger partial charge in [0.25, 0.3) is 5.91 Å². The summed E-state index contributed by atoms with van der Waals surface area (Å²) in [6.07, 6.45) is 0.677. The van der Waals surface area contributed by atoms with Crippen LogP contribution in [0.25, 0.3) is 0 Å². The molecule has 1 rings (SSSR count). The van der Waals surface area contributed by atoms with Crippen molar-refractivity contribution in [1.82, 2.24) is 5.32 Å². The Morgan fingerprint density at radius 1 is 1.24 bits per heavy atom. The van der Waals surface area contributed by atoms with Crippen molar-refractivity contribution in [3.63, 3.8) is 0 Å². The van der Waals surface area contributed by atoms with Gasteiger partial charge in [-0.3, -0.25) is 4.79 Å². The highest BCUT2D eigenvalue weighted by molar-refractivity contribution is 9.10. The highest BCUT2D eigenvalue weighted by atomic mass is 79.9. The van der Waals surface area contributed by atoms with E-state index in [-0.39, 0.29) is 11.5 Å². The van der Waals surface area contributed by atoms with Gasteiger partial charge in [-0.05, 0) is 40.0 Å². The lowest BCUT2D eigenvalue weighted by Gasteiger charge is -2.21. The second kappa shape index (κ2) is 10.0. The van der Waals surface area contributed by atoms with Gasteiger partial charge < -0.3 is 19.5 Å². The Morgan fingerprint density at radius 3 is 2.48 bits per heavy atom. The molecule has 138 valence electrons. The van der Waals surface area contributed by atoms with Crippen molar-refractivity contribution in [2.75, 3.05) is 20.8 Å². The van der Waals surface area contributed by atoms with Crippen LogP contribution in [0.4, 0.5) is 0 Å². The van der Waals surface area contributed by atoms with E-state index in [4.69, 9.17) is 14.2 Å². The third-order valence-electron chi connectivity index (χ3n) is 3.71. The molecule has 7 nitrogen and oxygen atoms in total. The fraction of sp³-hybridized carbons (Fsp3) is 0.471. The van der Waals surface area contributed by atoms with Crippen molar-refractivity contribution in [1.29, 1.82) is 0 Å². The van der Waals surface area contributed by atoms with Gasteiger partial charge in [-0.1, -0.05) is 20.3 Å². The van der Waals surface area contributed by atoms with Gasteiger partial charge in [-0.2, -0.15) is 0 Å². The van der Waals surface area contributed by atoms with E-state index >= 15 is 0 Å². The number of amides is 1. The highest BCUT2D eigenvalue weighted by Gasteiger charge is 2.27. The minimum atomic E-state index is -0.787. The minimum absolute atomic E-state index is 0.111. The molecule has 0 saturated heterocycles. The van der Waals surface area contributed by atoms with Crippen LogP contribution in [0.1, 0.15) is 30.6 Å². The largest absolute Gasteiger partial charge is 0.497 e. The van der Waals surface area contributed by atoms with Crippen LogP contribution in [0.3, 0.4) is 0 Å². The van der Waals surface area contributed by atoms with Gasteiger partial charge in [0.1, 0.15) is 11.8 Å². The molecular formula is C17H22BrNO6. The van der Waals surface area contributed by atoms with Crippen LogP contribution in [-0.4, -0.2) is 44.7 Å². The number of carbonyl (C=O) groups is 3. The second-order valence-electron chi connectivity index (χ2n) is 5.38. The molecule has 8 heteroatoms. The van der Waals surface area contributed by atoms with E-state index in [1.807, 2.05) is 13.8 Å². The predicted molar refractivity (Wildman–Crippen MR) is 94.4 cm³/mol. The van der Waals surface area contributed by atoms with E-state index < -0.39 is 30.5 Å². The smallest absolute Gasteiger partial charge is 0.339 e. The fourth-order valence-electron chi connectivity index (χ4n) is 2.01. The van der Waals surface area contributed by atoms with Crippen molar-refractivity contribution < 1.29 is 28.6 Å². The summed E-state index contributed by atoms with van der Waals surface area (Å²) in [6.45, 7) is 3.21. The summed E-state index contributed by atoms with van der Waals surface area (Å²) in [7, 11) is 2.73. The number of nitrogens with one attached hydrogen (secondary N) is 1. The zero-order valence-electron chi connectivity index (χ0n) is 14.6. The maximum atomic E-state index is 12.1. The number of rotatable bonds is 8. The van der Waals surface area contributed by atoms with Crippen LogP contribution in [0.5, 0.6) is 5.75 Å². The van der Waals surface area contributed by atoms with E-state index in [0.29, 0.717) is 16.6 Å². The molecule has 1 aromatic rings. The number of esters is 2. The molecule has 1 amide bonds. The predicted octanol–water partition coefficient (Wildman–Crippen LogP) is 2.32. The molecule has 0 aliphatic carbocycles. The van der Waals surface area contributed by atoms with Crippen LogP contribution in [0, 0.1) is 5.92 Å². The maximum Gasteiger partial charge on any atom is 0.339 e. The summed E-state index contributed by atoms with van der Waals surface area (Å²) in [4.78, 5) is 35.9. The zero-order chi connectivity index (χ0) is 19.0. The molecule has 0 aromatic heterocycles. The Labute approximate surface area is 155 Å². The third kappa shape index (κ3) is 6.04. The fourth-order valence-corrected chi connectivity index (χ4v) is 2.42. The Kier molecular flexibility index (Phi) is 8.40.